The Morgan fingerprint density at radius 1 is 1.30 bits per heavy atom. The number of sulfonamides is 1. The highest BCUT2D eigenvalue weighted by Gasteiger charge is 2.12. The molecule has 0 radical (unpaired) electrons. The van der Waals surface area contributed by atoms with Crippen LogP contribution in [0, 0.1) is 13.8 Å². The number of nitrogens with one attached hydrogen (secondary N) is 1. The van der Waals surface area contributed by atoms with Gasteiger partial charge in [0.2, 0.25) is 10.0 Å². The van der Waals surface area contributed by atoms with E-state index >= 15 is 0 Å². The first-order chi connectivity index (χ1) is 9.38. The van der Waals surface area contributed by atoms with Gasteiger partial charge in [-0.3, -0.25) is 4.98 Å². The lowest BCUT2D eigenvalue weighted by molar-refractivity contribution is 0.597. The molecule has 5 nitrogen and oxygen atoms in total. The largest absolute Gasteiger partial charge is 0.381 e. The Balaban J connectivity index is 2.29. The zero-order chi connectivity index (χ0) is 14.8. The Morgan fingerprint density at radius 2 is 2.05 bits per heavy atom. The van der Waals surface area contributed by atoms with E-state index in [1.807, 2.05) is 26.0 Å². The fourth-order valence-electron chi connectivity index (χ4n) is 1.87. The molecule has 1 aromatic carbocycles. The Kier molecular flexibility index (Phi) is 4.06. The second-order valence-electron chi connectivity index (χ2n) is 4.67. The summed E-state index contributed by atoms with van der Waals surface area (Å²) in [7, 11) is -3.70. The molecule has 0 aliphatic carbocycles. The summed E-state index contributed by atoms with van der Waals surface area (Å²) in [6.07, 6.45) is 3.47. The van der Waals surface area contributed by atoms with Crippen molar-refractivity contribution in [3.8, 4) is 0 Å². The van der Waals surface area contributed by atoms with Gasteiger partial charge in [-0.1, -0.05) is 6.07 Å². The molecule has 0 amide bonds. The van der Waals surface area contributed by atoms with Crippen molar-refractivity contribution in [1.29, 1.82) is 0 Å². The summed E-state index contributed by atoms with van der Waals surface area (Å²) in [5.74, 6) is 0. The highest BCUT2D eigenvalue weighted by molar-refractivity contribution is 7.89. The van der Waals surface area contributed by atoms with E-state index in [9.17, 15) is 8.42 Å². The van der Waals surface area contributed by atoms with E-state index in [-0.39, 0.29) is 4.90 Å². The highest BCUT2D eigenvalue weighted by atomic mass is 32.2. The Bertz CT molecular complexity index is 713. The molecule has 0 fully saturated rings. The lowest BCUT2D eigenvalue weighted by Gasteiger charge is -2.13. The molecule has 0 aliphatic rings. The SMILES string of the molecule is Cc1cc(S(N)(=O)=O)cc(NCc2cccnc2)c1C. The number of nitrogens with zero attached hydrogens (tertiary/aromatic N) is 1. The van der Waals surface area contributed by atoms with Gasteiger partial charge in [0.1, 0.15) is 0 Å². The smallest absolute Gasteiger partial charge is 0.238 e. The summed E-state index contributed by atoms with van der Waals surface area (Å²) in [6, 6.07) is 6.95. The molecule has 0 saturated heterocycles. The molecule has 6 heteroatoms. The molecular formula is C14H17N3O2S. The van der Waals surface area contributed by atoms with Crippen molar-refractivity contribution in [3.05, 3.63) is 53.3 Å². The fraction of sp³-hybridized carbons (Fsp3) is 0.214. The number of anilines is 1. The van der Waals surface area contributed by atoms with Gasteiger partial charge >= 0.3 is 0 Å². The number of primary sulfonamides is 1. The predicted octanol–water partition coefficient (Wildman–Crippen LogP) is 1.96. The van der Waals surface area contributed by atoms with Gasteiger partial charge in [0, 0.05) is 24.6 Å². The summed E-state index contributed by atoms with van der Waals surface area (Å²) in [5, 5.41) is 8.41. The van der Waals surface area contributed by atoms with Crippen molar-refractivity contribution in [3.63, 3.8) is 0 Å². The standard InChI is InChI=1S/C14H17N3O2S/c1-10-6-13(20(15,18)19)7-14(11(10)2)17-9-12-4-3-5-16-8-12/h3-8,17H,9H2,1-2H3,(H2,15,18,19). The van der Waals surface area contributed by atoms with Crippen LogP contribution in [0.2, 0.25) is 0 Å². The second-order valence-corrected chi connectivity index (χ2v) is 6.23. The minimum absolute atomic E-state index is 0.120. The van der Waals surface area contributed by atoms with E-state index in [0.717, 1.165) is 22.4 Å². The van der Waals surface area contributed by atoms with Gasteiger partial charge in [-0.15, -0.1) is 0 Å². The average Bonchev–Trinajstić information content (AvgIpc) is 2.40. The van der Waals surface area contributed by atoms with Crippen LogP contribution < -0.4 is 10.5 Å². The van der Waals surface area contributed by atoms with Crippen LogP contribution in [-0.2, 0) is 16.6 Å². The molecule has 0 saturated carbocycles. The van der Waals surface area contributed by atoms with E-state index < -0.39 is 10.0 Å². The van der Waals surface area contributed by atoms with Gasteiger partial charge < -0.3 is 5.32 Å². The minimum Gasteiger partial charge on any atom is -0.381 e. The molecular weight excluding hydrogens is 274 g/mol. The maximum atomic E-state index is 11.5. The molecule has 0 bridgehead atoms. The van der Waals surface area contributed by atoms with Gasteiger partial charge in [-0.05, 0) is 48.7 Å². The van der Waals surface area contributed by atoms with Crippen molar-refractivity contribution in [2.45, 2.75) is 25.3 Å². The summed E-state index contributed by atoms with van der Waals surface area (Å²) in [5.41, 5.74) is 3.66. The zero-order valence-electron chi connectivity index (χ0n) is 11.4. The summed E-state index contributed by atoms with van der Waals surface area (Å²) in [4.78, 5) is 4.16. The predicted molar refractivity (Wildman–Crippen MR) is 78.9 cm³/mol. The minimum atomic E-state index is -3.70. The summed E-state index contributed by atoms with van der Waals surface area (Å²) < 4.78 is 22.9. The van der Waals surface area contributed by atoms with Crippen LogP contribution in [0.1, 0.15) is 16.7 Å². The van der Waals surface area contributed by atoms with Crippen LogP contribution in [0.3, 0.4) is 0 Å². The van der Waals surface area contributed by atoms with Gasteiger partial charge in [-0.2, -0.15) is 0 Å². The van der Waals surface area contributed by atoms with Crippen LogP contribution in [0.15, 0.2) is 41.6 Å². The summed E-state index contributed by atoms with van der Waals surface area (Å²) >= 11 is 0. The molecule has 0 spiro atoms. The Labute approximate surface area is 118 Å². The number of aryl methyl sites for hydroxylation is 1. The van der Waals surface area contributed by atoms with Crippen molar-refractivity contribution < 1.29 is 8.42 Å². The molecule has 3 N–H and O–H groups in total. The number of aromatic nitrogens is 1. The second kappa shape index (κ2) is 5.60. The lowest BCUT2D eigenvalue weighted by atomic mass is 10.1. The molecule has 1 aromatic heterocycles. The molecule has 2 rings (SSSR count). The van der Waals surface area contributed by atoms with E-state index in [4.69, 9.17) is 5.14 Å². The number of nitrogens with two attached hydrogens (primary N) is 1. The van der Waals surface area contributed by atoms with Gasteiger partial charge in [-0.25, -0.2) is 13.6 Å². The first-order valence-electron chi connectivity index (χ1n) is 6.15. The maximum Gasteiger partial charge on any atom is 0.238 e. The highest BCUT2D eigenvalue weighted by Crippen LogP contribution is 2.24. The first-order valence-corrected chi connectivity index (χ1v) is 7.69. The Morgan fingerprint density at radius 3 is 2.65 bits per heavy atom. The van der Waals surface area contributed by atoms with Gasteiger partial charge in [0.05, 0.1) is 4.90 Å². The van der Waals surface area contributed by atoms with Crippen LogP contribution in [0.4, 0.5) is 5.69 Å². The first kappa shape index (κ1) is 14.5. The molecule has 20 heavy (non-hydrogen) atoms. The number of hydrogen-bond donors (Lipinski definition) is 2. The van der Waals surface area contributed by atoms with Gasteiger partial charge in [0.15, 0.2) is 0 Å². The third-order valence-corrected chi connectivity index (χ3v) is 4.07. The monoisotopic (exact) mass is 291 g/mol. The number of benzene rings is 1. The van der Waals surface area contributed by atoms with Crippen molar-refractivity contribution in [2.75, 3.05) is 5.32 Å². The fourth-order valence-corrected chi connectivity index (χ4v) is 2.50. The number of hydrogen-bond acceptors (Lipinski definition) is 4. The molecule has 0 unspecified atom stereocenters. The average molecular weight is 291 g/mol. The third kappa shape index (κ3) is 3.34. The van der Waals surface area contributed by atoms with E-state index in [0.29, 0.717) is 6.54 Å². The zero-order valence-corrected chi connectivity index (χ0v) is 12.2. The number of rotatable bonds is 4. The quantitative estimate of drug-likeness (QED) is 0.901. The molecule has 2 aromatic rings. The summed E-state index contributed by atoms with van der Waals surface area (Å²) in [6.45, 7) is 4.37. The van der Waals surface area contributed by atoms with Gasteiger partial charge in [0.25, 0.3) is 0 Å². The van der Waals surface area contributed by atoms with Crippen molar-refractivity contribution in [2.24, 2.45) is 5.14 Å². The van der Waals surface area contributed by atoms with Crippen molar-refractivity contribution in [1.82, 2.24) is 4.98 Å². The molecule has 0 atom stereocenters. The lowest BCUT2D eigenvalue weighted by Crippen LogP contribution is -2.13. The molecule has 0 aliphatic heterocycles. The third-order valence-electron chi connectivity index (χ3n) is 3.18. The van der Waals surface area contributed by atoms with E-state index in [2.05, 4.69) is 10.3 Å². The van der Waals surface area contributed by atoms with Crippen molar-refractivity contribution >= 4 is 15.7 Å². The van der Waals surface area contributed by atoms with Crippen LogP contribution in [0.5, 0.6) is 0 Å². The normalized spacial score (nSPS) is 11.3. The van der Waals surface area contributed by atoms with Crippen LogP contribution >= 0.6 is 0 Å². The van der Waals surface area contributed by atoms with Crippen LogP contribution in [-0.4, -0.2) is 13.4 Å². The molecule has 1 heterocycles. The molecule has 106 valence electrons. The maximum absolute atomic E-state index is 11.5. The van der Waals surface area contributed by atoms with Crippen LogP contribution in [0.25, 0.3) is 0 Å². The Hall–Kier alpha value is -1.92. The van der Waals surface area contributed by atoms with E-state index in [1.165, 1.54) is 0 Å². The topological polar surface area (TPSA) is 85.1 Å². The number of pyridine rings is 1. The van der Waals surface area contributed by atoms with E-state index in [1.54, 1.807) is 24.5 Å².